The predicted molar refractivity (Wildman–Crippen MR) is 209 cm³/mol. The van der Waals surface area contributed by atoms with Crippen LogP contribution in [0.4, 0.5) is 4.39 Å². The number of aromatic nitrogens is 1. The van der Waals surface area contributed by atoms with Gasteiger partial charge in [-0.2, -0.15) is 5.11 Å². The Morgan fingerprint density at radius 3 is 2.48 bits per heavy atom. The summed E-state index contributed by atoms with van der Waals surface area (Å²) < 4.78 is 20.2. The fourth-order valence-electron chi connectivity index (χ4n) is 7.18. The second-order valence-electron chi connectivity index (χ2n) is 15.6. The highest BCUT2D eigenvalue weighted by Gasteiger charge is 2.44. The molecule has 0 saturated carbocycles. The monoisotopic (exact) mass is 778 g/mol. The van der Waals surface area contributed by atoms with Gasteiger partial charge in [-0.25, -0.2) is 9.92 Å². The van der Waals surface area contributed by atoms with Crippen molar-refractivity contribution in [2.24, 2.45) is 17.0 Å². The number of benzene rings is 1. The van der Waals surface area contributed by atoms with Crippen LogP contribution in [0.3, 0.4) is 0 Å². The maximum Gasteiger partial charge on any atom is 0.255 e. The topological polar surface area (TPSA) is 189 Å². The number of fused-ring (bicyclic) bond motifs is 2. The average molecular weight is 779 g/mol. The molecule has 5 atom stereocenters. The van der Waals surface area contributed by atoms with Crippen molar-refractivity contribution in [1.29, 1.82) is 5.53 Å². The molecule has 0 radical (unpaired) electrons. The second kappa shape index (κ2) is 21.4. The lowest BCUT2D eigenvalue weighted by Gasteiger charge is -2.35. The van der Waals surface area contributed by atoms with E-state index in [4.69, 9.17) is 10.3 Å². The van der Waals surface area contributed by atoms with Crippen LogP contribution >= 0.6 is 0 Å². The van der Waals surface area contributed by atoms with Crippen molar-refractivity contribution in [1.82, 2.24) is 30.7 Å². The summed E-state index contributed by atoms with van der Waals surface area (Å²) in [6, 6.07) is 3.74. The molecule has 1 fully saturated rings. The molecule has 0 bridgehead atoms. The van der Waals surface area contributed by atoms with Crippen LogP contribution in [0.5, 0.6) is 5.75 Å². The summed E-state index contributed by atoms with van der Waals surface area (Å²) in [6.45, 7) is 8.17. The molecule has 2 aliphatic heterocycles. The molecule has 1 aromatic heterocycles. The Bertz CT molecular complexity index is 1670. The molecule has 15 heteroatoms. The van der Waals surface area contributed by atoms with Crippen LogP contribution in [0.2, 0.25) is 0 Å². The fraction of sp³-hybridized carbons (Fsp3) is 0.585. The van der Waals surface area contributed by atoms with Gasteiger partial charge >= 0.3 is 0 Å². The summed E-state index contributed by atoms with van der Waals surface area (Å²) in [5, 5.41) is 23.5. The van der Waals surface area contributed by atoms with Crippen LogP contribution in [0.1, 0.15) is 95.0 Å². The maximum atomic E-state index is 14.4. The number of hydrogen-bond donors (Lipinski definition) is 5. The van der Waals surface area contributed by atoms with E-state index in [2.05, 4.69) is 39.9 Å². The zero-order chi connectivity index (χ0) is 40.8. The first-order valence-corrected chi connectivity index (χ1v) is 19.8. The van der Waals surface area contributed by atoms with Crippen LogP contribution in [-0.2, 0) is 20.8 Å². The van der Waals surface area contributed by atoms with E-state index >= 15 is 0 Å². The first-order valence-electron chi connectivity index (χ1n) is 19.8. The molecule has 2 aromatic rings. The van der Waals surface area contributed by atoms with Gasteiger partial charge in [-0.15, -0.1) is 0 Å². The highest BCUT2D eigenvalue weighted by molar-refractivity contribution is 6.00. The van der Waals surface area contributed by atoms with Gasteiger partial charge in [0.15, 0.2) is 0 Å². The van der Waals surface area contributed by atoms with Crippen LogP contribution in [0.25, 0.3) is 0 Å². The van der Waals surface area contributed by atoms with E-state index in [-0.39, 0.29) is 73.2 Å². The molecule has 0 spiro atoms. The van der Waals surface area contributed by atoms with Gasteiger partial charge in [-0.3, -0.25) is 24.2 Å². The number of rotatable bonds is 6. The van der Waals surface area contributed by atoms with Gasteiger partial charge in [-0.1, -0.05) is 59.4 Å². The minimum absolute atomic E-state index is 0.0375. The number of hydrogen-bond acceptors (Lipinski definition) is 10. The molecule has 14 nitrogen and oxygen atoms in total. The fourth-order valence-corrected chi connectivity index (χ4v) is 7.18. The van der Waals surface area contributed by atoms with Gasteiger partial charge in [0.05, 0.1) is 11.7 Å². The van der Waals surface area contributed by atoms with Gasteiger partial charge in [0.25, 0.3) is 5.91 Å². The number of pyridine rings is 1. The quantitative estimate of drug-likeness (QED) is 0.260. The largest absolute Gasteiger partial charge is 0.486 e. The summed E-state index contributed by atoms with van der Waals surface area (Å²) in [6.07, 6.45) is 9.67. The Morgan fingerprint density at radius 2 is 1.79 bits per heavy atom. The lowest BCUT2D eigenvalue weighted by Crippen LogP contribution is -2.58. The van der Waals surface area contributed by atoms with Crippen LogP contribution < -0.4 is 20.7 Å². The number of aliphatic hydroxyl groups is 1. The first kappa shape index (κ1) is 43.8. The number of nitrogens with zero attached hydrogens (tertiary/aromatic N) is 4. The van der Waals surface area contributed by atoms with E-state index in [0.29, 0.717) is 6.54 Å². The zero-order valence-electron chi connectivity index (χ0n) is 33.3. The van der Waals surface area contributed by atoms with Crippen molar-refractivity contribution in [3.63, 3.8) is 0 Å². The van der Waals surface area contributed by atoms with Gasteiger partial charge in [0.2, 0.25) is 17.7 Å². The number of aliphatic hydroxyl groups excluding tert-OH is 1. The number of carbonyl (C=O) groups excluding carboxylic acids is 4. The Balaban J connectivity index is 1.69. The Hall–Kier alpha value is -4.92. The SMILES string of the molecule is CC(C)C[C@H]1NC(=O)c2ccc(F)cc2OC/C(N=N)=C/NCCCCCCC[C@@H](C(C)C)NC(=O)[C@H](Cc2cccnc2)N(C)C(=O)[C@H]2C[C@H](O)CN2C1=O. The smallest absolute Gasteiger partial charge is 0.255 e. The van der Waals surface area contributed by atoms with Crippen molar-refractivity contribution in [3.05, 3.63) is 71.6 Å². The van der Waals surface area contributed by atoms with Gasteiger partial charge in [0, 0.05) is 63.7 Å². The van der Waals surface area contributed by atoms with Crippen molar-refractivity contribution in [2.45, 2.75) is 116 Å². The third kappa shape index (κ3) is 12.6. The second-order valence-corrected chi connectivity index (χ2v) is 15.6. The molecule has 4 amide bonds. The average Bonchev–Trinajstić information content (AvgIpc) is 3.56. The first-order chi connectivity index (χ1) is 26.8. The van der Waals surface area contributed by atoms with Crippen LogP contribution in [0.15, 0.2) is 59.7 Å². The minimum atomic E-state index is -1.12. The Labute approximate surface area is 329 Å². The summed E-state index contributed by atoms with van der Waals surface area (Å²) in [5.41, 5.74) is 8.55. The van der Waals surface area contributed by atoms with Crippen LogP contribution in [0, 0.1) is 23.2 Å². The number of carbonyl (C=O) groups is 4. The molecule has 306 valence electrons. The lowest BCUT2D eigenvalue weighted by atomic mass is 9.96. The zero-order valence-corrected chi connectivity index (χ0v) is 33.3. The summed E-state index contributed by atoms with van der Waals surface area (Å²) in [7, 11) is 1.54. The van der Waals surface area contributed by atoms with Gasteiger partial charge < -0.3 is 35.6 Å². The highest BCUT2D eigenvalue weighted by atomic mass is 19.1. The third-order valence-electron chi connectivity index (χ3n) is 10.4. The van der Waals surface area contributed by atoms with Crippen molar-refractivity contribution in [2.75, 3.05) is 26.7 Å². The van der Waals surface area contributed by atoms with E-state index in [1.165, 1.54) is 15.9 Å². The normalized spacial score (nSPS) is 25.3. The standard InChI is InChI=1S/C41H59FN8O6/c1-26(2)18-34-40(54)50-24-31(51)21-36(50)41(55)49(5)35(19-28-12-11-17-44-22-28)39(53)46-33(27(3)4)13-9-7-6-8-10-16-45-23-30(48-43)25-56-37-20-29(42)14-15-32(37)38(52)47-34/h11-12,14-15,17,20,22-23,26-27,31,33-36,43,45,51H,6-10,13,16,18-19,21,24-25H2,1-5H3,(H,46,53)(H,47,52)/b30-23-,48-43?/t31-,33-,34+,35-,36+/m0/s1. The summed E-state index contributed by atoms with van der Waals surface area (Å²) in [5.74, 6) is -2.79. The van der Waals surface area contributed by atoms with Crippen molar-refractivity contribution < 1.29 is 33.4 Å². The van der Waals surface area contributed by atoms with Crippen LogP contribution in [-0.4, -0.2) is 101 Å². The van der Waals surface area contributed by atoms with E-state index in [1.807, 2.05) is 19.9 Å². The molecule has 1 aromatic carbocycles. The number of halogens is 1. The number of nitrogens with one attached hydrogen (secondary N) is 4. The maximum absolute atomic E-state index is 14.4. The summed E-state index contributed by atoms with van der Waals surface area (Å²) >= 11 is 0. The number of likely N-dealkylation sites (N-methyl/N-ethyl adjacent to an activating group) is 1. The third-order valence-corrected chi connectivity index (χ3v) is 10.4. The lowest BCUT2D eigenvalue weighted by molar-refractivity contribution is -0.147. The summed E-state index contributed by atoms with van der Waals surface area (Å²) in [4.78, 5) is 63.7. The predicted octanol–water partition coefficient (Wildman–Crippen LogP) is 4.73. The molecule has 0 unspecified atom stereocenters. The van der Waals surface area contributed by atoms with E-state index in [1.54, 1.807) is 31.7 Å². The van der Waals surface area contributed by atoms with Crippen molar-refractivity contribution >= 4 is 23.6 Å². The number of ether oxygens (including phenoxy) is 1. The Kier molecular flexibility index (Phi) is 16.7. The molecule has 4 rings (SSSR count). The molecule has 2 aliphatic rings. The van der Waals surface area contributed by atoms with E-state index in [9.17, 15) is 28.7 Å². The van der Waals surface area contributed by atoms with E-state index in [0.717, 1.165) is 56.2 Å². The molecule has 56 heavy (non-hydrogen) atoms. The van der Waals surface area contributed by atoms with Gasteiger partial charge in [0.1, 0.15) is 42.0 Å². The molecule has 0 aliphatic carbocycles. The minimum Gasteiger partial charge on any atom is -0.486 e. The highest BCUT2D eigenvalue weighted by Crippen LogP contribution is 2.26. The van der Waals surface area contributed by atoms with E-state index < -0.39 is 47.8 Å². The molecule has 3 heterocycles. The molecule has 5 N–H and O–H groups in total. The molecular formula is C41H59FN8O6. The van der Waals surface area contributed by atoms with Gasteiger partial charge in [-0.05, 0) is 54.9 Å². The van der Waals surface area contributed by atoms with Crippen molar-refractivity contribution in [3.8, 4) is 5.75 Å². The number of amides is 4. The molecular weight excluding hydrogens is 719 g/mol. The molecule has 1 saturated heterocycles. The Morgan fingerprint density at radius 1 is 1.04 bits per heavy atom.